The van der Waals surface area contributed by atoms with Crippen LogP contribution in [-0.4, -0.2) is 11.5 Å². The van der Waals surface area contributed by atoms with E-state index < -0.39 is 0 Å². The van der Waals surface area contributed by atoms with E-state index in [4.69, 9.17) is 4.98 Å². The predicted octanol–water partition coefficient (Wildman–Crippen LogP) is 4.66. The molecule has 1 aromatic heterocycles. The number of halogens is 1. The van der Waals surface area contributed by atoms with Crippen LogP contribution >= 0.6 is 11.3 Å². The van der Waals surface area contributed by atoms with Gasteiger partial charge in [-0.25, -0.2) is 9.37 Å². The fourth-order valence-electron chi connectivity index (χ4n) is 2.15. The van der Waals surface area contributed by atoms with Crippen molar-refractivity contribution in [2.45, 2.75) is 46.6 Å². The average Bonchev–Trinajstić information content (AvgIpc) is 2.83. The maximum atomic E-state index is 13.8. The van der Waals surface area contributed by atoms with Crippen molar-refractivity contribution in [2.75, 3.05) is 6.54 Å². The minimum absolute atomic E-state index is 0.0112. The highest BCUT2D eigenvalue weighted by Crippen LogP contribution is 2.34. The third-order valence-electron chi connectivity index (χ3n) is 3.36. The Morgan fingerprint density at radius 2 is 2.00 bits per heavy atom. The van der Waals surface area contributed by atoms with Gasteiger partial charge in [-0.2, -0.15) is 0 Å². The minimum Gasteiger partial charge on any atom is -0.312 e. The van der Waals surface area contributed by atoms with E-state index in [-0.39, 0.29) is 11.2 Å². The molecule has 1 heterocycles. The van der Waals surface area contributed by atoms with Gasteiger partial charge < -0.3 is 5.32 Å². The first kappa shape index (κ1) is 16.1. The summed E-state index contributed by atoms with van der Waals surface area (Å²) in [6.07, 6.45) is 0. The molecule has 0 bridgehead atoms. The molecule has 0 atom stereocenters. The molecule has 2 aromatic rings. The van der Waals surface area contributed by atoms with Gasteiger partial charge in [0.2, 0.25) is 0 Å². The second-order valence-corrected chi connectivity index (χ2v) is 7.37. The zero-order valence-corrected chi connectivity index (χ0v) is 14.2. The van der Waals surface area contributed by atoms with E-state index in [0.717, 1.165) is 29.4 Å². The van der Waals surface area contributed by atoms with E-state index in [0.29, 0.717) is 5.56 Å². The highest BCUT2D eigenvalue weighted by atomic mass is 32.1. The van der Waals surface area contributed by atoms with Crippen LogP contribution in [0.5, 0.6) is 0 Å². The van der Waals surface area contributed by atoms with E-state index in [1.807, 2.05) is 12.1 Å². The number of aromatic nitrogens is 1. The smallest absolute Gasteiger partial charge is 0.126 e. The normalized spacial score (nSPS) is 11.9. The largest absolute Gasteiger partial charge is 0.312 e. The molecule has 0 saturated heterocycles. The van der Waals surface area contributed by atoms with Gasteiger partial charge in [-0.3, -0.25) is 0 Å². The molecule has 0 amide bonds. The van der Waals surface area contributed by atoms with Crippen molar-refractivity contribution in [2.24, 2.45) is 0 Å². The van der Waals surface area contributed by atoms with Crippen LogP contribution in [-0.2, 0) is 12.0 Å². The van der Waals surface area contributed by atoms with Gasteiger partial charge in [-0.1, -0.05) is 39.8 Å². The van der Waals surface area contributed by atoms with Crippen LogP contribution in [0.2, 0.25) is 0 Å². The molecular weight excluding hydrogens is 283 g/mol. The van der Waals surface area contributed by atoms with Gasteiger partial charge in [0.25, 0.3) is 0 Å². The number of rotatable bonds is 4. The van der Waals surface area contributed by atoms with Crippen molar-refractivity contribution >= 4 is 11.3 Å². The molecule has 0 aliphatic heterocycles. The van der Waals surface area contributed by atoms with Gasteiger partial charge in [0.05, 0.1) is 5.69 Å². The van der Waals surface area contributed by atoms with Crippen LogP contribution in [0.25, 0.3) is 10.6 Å². The van der Waals surface area contributed by atoms with Gasteiger partial charge in [0, 0.05) is 22.4 Å². The number of benzene rings is 1. The second-order valence-electron chi connectivity index (χ2n) is 6.29. The first-order valence-electron chi connectivity index (χ1n) is 7.30. The van der Waals surface area contributed by atoms with Gasteiger partial charge in [-0.05, 0) is 25.1 Å². The topological polar surface area (TPSA) is 24.9 Å². The Morgan fingerprint density at radius 1 is 1.29 bits per heavy atom. The first-order chi connectivity index (χ1) is 9.82. The minimum atomic E-state index is -0.173. The molecular formula is C17H23FN2S. The maximum absolute atomic E-state index is 13.8. The molecule has 0 unspecified atom stereocenters. The van der Waals surface area contributed by atoms with E-state index >= 15 is 0 Å². The molecule has 0 aliphatic carbocycles. The maximum Gasteiger partial charge on any atom is 0.126 e. The Hall–Kier alpha value is -1.26. The third-order valence-corrected chi connectivity index (χ3v) is 4.47. The quantitative estimate of drug-likeness (QED) is 0.888. The highest BCUT2D eigenvalue weighted by molar-refractivity contribution is 7.15. The van der Waals surface area contributed by atoms with Gasteiger partial charge in [0.1, 0.15) is 10.8 Å². The predicted molar refractivity (Wildman–Crippen MR) is 88.3 cm³/mol. The van der Waals surface area contributed by atoms with Crippen LogP contribution in [0.1, 0.15) is 43.8 Å². The number of aryl methyl sites for hydroxylation is 1. The monoisotopic (exact) mass is 306 g/mol. The standard InChI is InChI=1S/C17H23FN2S/c1-6-19-10-14-15(17(3,4)5)20-16(21-14)12-8-7-11(2)13(18)9-12/h7-9,19H,6,10H2,1-5H3. The number of thiazole rings is 1. The van der Waals surface area contributed by atoms with Crippen LogP contribution in [0.3, 0.4) is 0 Å². The molecule has 1 aromatic carbocycles. The Labute approximate surface area is 130 Å². The summed E-state index contributed by atoms with van der Waals surface area (Å²) in [7, 11) is 0. The first-order valence-corrected chi connectivity index (χ1v) is 8.12. The van der Waals surface area contributed by atoms with Crippen molar-refractivity contribution in [3.63, 3.8) is 0 Å². The number of hydrogen-bond acceptors (Lipinski definition) is 3. The van der Waals surface area contributed by atoms with Gasteiger partial charge >= 0.3 is 0 Å². The van der Waals surface area contributed by atoms with Crippen molar-refractivity contribution in [3.8, 4) is 10.6 Å². The summed E-state index contributed by atoms with van der Waals surface area (Å²) >= 11 is 1.65. The summed E-state index contributed by atoms with van der Waals surface area (Å²) in [5, 5.41) is 4.25. The summed E-state index contributed by atoms with van der Waals surface area (Å²) < 4.78 is 13.8. The lowest BCUT2D eigenvalue weighted by Gasteiger charge is -2.17. The SMILES string of the molecule is CCNCc1sc(-c2ccc(C)c(F)c2)nc1C(C)(C)C. The summed E-state index contributed by atoms with van der Waals surface area (Å²) in [4.78, 5) is 6.02. The molecule has 1 N–H and O–H groups in total. The Morgan fingerprint density at radius 3 is 2.57 bits per heavy atom. The van der Waals surface area contributed by atoms with Crippen molar-refractivity contribution in [1.82, 2.24) is 10.3 Å². The zero-order valence-electron chi connectivity index (χ0n) is 13.4. The Kier molecular flexibility index (Phi) is 4.79. The molecule has 2 nitrogen and oxygen atoms in total. The van der Waals surface area contributed by atoms with E-state index in [9.17, 15) is 4.39 Å². The average molecular weight is 306 g/mol. The number of nitrogens with zero attached hydrogens (tertiary/aromatic N) is 1. The molecule has 0 aliphatic rings. The van der Waals surface area contributed by atoms with Crippen LogP contribution in [0.4, 0.5) is 4.39 Å². The lowest BCUT2D eigenvalue weighted by molar-refractivity contribution is 0.561. The summed E-state index contributed by atoms with van der Waals surface area (Å²) in [6.45, 7) is 12.1. The molecule has 0 radical (unpaired) electrons. The summed E-state index contributed by atoms with van der Waals surface area (Å²) in [5.41, 5.74) is 2.61. The molecule has 0 fully saturated rings. The van der Waals surface area contributed by atoms with Gasteiger partial charge in [0.15, 0.2) is 0 Å². The highest BCUT2D eigenvalue weighted by Gasteiger charge is 2.23. The summed E-state index contributed by atoms with van der Waals surface area (Å²) in [5.74, 6) is -0.173. The van der Waals surface area contributed by atoms with Gasteiger partial charge in [-0.15, -0.1) is 11.3 Å². The Balaban J connectivity index is 2.45. The molecule has 2 rings (SSSR count). The van der Waals surface area contributed by atoms with E-state index in [1.165, 1.54) is 4.88 Å². The van der Waals surface area contributed by atoms with Crippen LogP contribution in [0.15, 0.2) is 18.2 Å². The fraction of sp³-hybridized carbons (Fsp3) is 0.471. The molecule has 4 heteroatoms. The molecule has 21 heavy (non-hydrogen) atoms. The van der Waals surface area contributed by atoms with Crippen LogP contribution in [0, 0.1) is 12.7 Å². The zero-order chi connectivity index (χ0) is 15.6. The second kappa shape index (κ2) is 6.24. The fourth-order valence-corrected chi connectivity index (χ4v) is 3.38. The molecule has 0 saturated carbocycles. The number of hydrogen-bond donors (Lipinski definition) is 1. The number of nitrogens with one attached hydrogen (secondary N) is 1. The van der Waals surface area contributed by atoms with Crippen LogP contribution < -0.4 is 5.32 Å². The van der Waals surface area contributed by atoms with Crippen molar-refractivity contribution in [3.05, 3.63) is 40.2 Å². The van der Waals surface area contributed by atoms with E-state index in [1.54, 1.807) is 24.3 Å². The molecule has 114 valence electrons. The molecule has 0 spiro atoms. The Bertz CT molecular complexity index is 626. The lowest BCUT2D eigenvalue weighted by atomic mass is 9.91. The van der Waals surface area contributed by atoms with Crippen molar-refractivity contribution in [1.29, 1.82) is 0 Å². The lowest BCUT2D eigenvalue weighted by Crippen LogP contribution is -2.18. The summed E-state index contributed by atoms with van der Waals surface area (Å²) in [6, 6.07) is 5.34. The van der Waals surface area contributed by atoms with Crippen molar-refractivity contribution < 1.29 is 4.39 Å². The van der Waals surface area contributed by atoms with E-state index in [2.05, 4.69) is 33.0 Å². The third kappa shape index (κ3) is 3.69.